The van der Waals surface area contributed by atoms with Gasteiger partial charge in [0.2, 0.25) is 0 Å². The van der Waals surface area contributed by atoms with Crippen LogP contribution in [0, 0.1) is 0 Å². The van der Waals surface area contributed by atoms with Crippen molar-refractivity contribution in [2.45, 2.75) is 13.3 Å². The summed E-state index contributed by atoms with van der Waals surface area (Å²) in [5, 5.41) is 6.26. The summed E-state index contributed by atoms with van der Waals surface area (Å²) in [6.07, 6.45) is 0.0724. The number of rotatable bonds is 7. The third-order valence-electron chi connectivity index (χ3n) is 2.42. The molecule has 1 aromatic carbocycles. The third-order valence-corrected chi connectivity index (χ3v) is 2.66. The summed E-state index contributed by atoms with van der Waals surface area (Å²) in [6, 6.07) is 5.06. The van der Waals surface area contributed by atoms with Gasteiger partial charge in [-0.1, -0.05) is 18.5 Å². The maximum Gasteiger partial charge on any atom is 0.404 e. The van der Waals surface area contributed by atoms with Crippen molar-refractivity contribution in [2.75, 3.05) is 25.0 Å². The lowest BCUT2D eigenvalue weighted by Gasteiger charge is -2.12. The molecule has 0 aliphatic carbocycles. The minimum Gasteiger partial charge on any atom is -0.448 e. The largest absolute Gasteiger partial charge is 0.448 e. The van der Waals surface area contributed by atoms with Crippen LogP contribution < -0.4 is 16.4 Å². The van der Waals surface area contributed by atoms with E-state index in [4.69, 9.17) is 17.3 Å². The summed E-state index contributed by atoms with van der Waals surface area (Å²) in [7, 11) is 0. The van der Waals surface area contributed by atoms with Crippen LogP contribution >= 0.6 is 11.6 Å². The number of halogens is 1. The van der Waals surface area contributed by atoms with Crippen LogP contribution in [0.15, 0.2) is 18.2 Å². The molecule has 0 spiro atoms. The molecule has 7 heteroatoms. The first-order valence-corrected chi connectivity index (χ1v) is 6.66. The summed E-state index contributed by atoms with van der Waals surface area (Å²) in [5.74, 6) is -0.292. The number of primary amides is 1. The van der Waals surface area contributed by atoms with Gasteiger partial charge in [0, 0.05) is 17.3 Å². The zero-order valence-electron chi connectivity index (χ0n) is 11.2. The van der Waals surface area contributed by atoms with Crippen molar-refractivity contribution >= 4 is 29.3 Å². The molecule has 0 heterocycles. The number of amides is 2. The number of benzene rings is 1. The molecule has 0 saturated carbocycles. The molecule has 4 N–H and O–H groups in total. The van der Waals surface area contributed by atoms with Crippen molar-refractivity contribution in [3.8, 4) is 0 Å². The van der Waals surface area contributed by atoms with E-state index in [0.717, 1.165) is 13.0 Å². The average Bonchev–Trinajstić information content (AvgIpc) is 2.41. The van der Waals surface area contributed by atoms with Gasteiger partial charge in [0.05, 0.1) is 12.1 Å². The van der Waals surface area contributed by atoms with E-state index in [1.165, 1.54) is 0 Å². The molecule has 1 aromatic rings. The minimum absolute atomic E-state index is 0.0271. The highest BCUT2D eigenvalue weighted by molar-refractivity contribution is 6.31. The molecule has 0 radical (unpaired) electrons. The Bertz CT molecular complexity index is 480. The summed E-state index contributed by atoms with van der Waals surface area (Å²) >= 11 is 5.90. The van der Waals surface area contributed by atoms with E-state index in [1.54, 1.807) is 18.2 Å². The summed E-state index contributed by atoms with van der Waals surface area (Å²) < 4.78 is 4.53. The number of ether oxygens (including phenoxy) is 1. The maximum absolute atomic E-state index is 12.0. The van der Waals surface area contributed by atoms with E-state index in [0.29, 0.717) is 16.3 Å². The topological polar surface area (TPSA) is 93.4 Å². The second-order valence-electron chi connectivity index (χ2n) is 4.04. The molecule has 0 saturated heterocycles. The molecule has 6 nitrogen and oxygen atoms in total. The van der Waals surface area contributed by atoms with Crippen LogP contribution in [0.2, 0.25) is 5.02 Å². The lowest BCUT2D eigenvalue weighted by atomic mass is 10.1. The average molecular weight is 300 g/mol. The molecular formula is C13H18ClN3O3. The van der Waals surface area contributed by atoms with E-state index < -0.39 is 6.09 Å². The first kappa shape index (κ1) is 16.1. The lowest BCUT2D eigenvalue weighted by Crippen LogP contribution is -2.29. The zero-order valence-corrected chi connectivity index (χ0v) is 12.0. The third kappa shape index (κ3) is 5.36. The van der Waals surface area contributed by atoms with Gasteiger partial charge in [-0.05, 0) is 24.6 Å². The highest BCUT2D eigenvalue weighted by atomic mass is 35.5. The number of hydrogen-bond acceptors (Lipinski definition) is 4. The van der Waals surface area contributed by atoms with Crippen LogP contribution in [-0.4, -0.2) is 31.7 Å². The van der Waals surface area contributed by atoms with Crippen LogP contribution in [0.3, 0.4) is 0 Å². The summed E-state index contributed by atoms with van der Waals surface area (Å²) in [5.41, 5.74) is 5.98. The first-order chi connectivity index (χ1) is 9.54. The fourth-order valence-electron chi connectivity index (χ4n) is 1.53. The Kier molecular flexibility index (Phi) is 6.66. The number of carbonyl (C=O) groups excluding carboxylic acids is 2. The van der Waals surface area contributed by atoms with Crippen molar-refractivity contribution in [2.24, 2.45) is 5.73 Å². The van der Waals surface area contributed by atoms with Crippen molar-refractivity contribution < 1.29 is 14.3 Å². The van der Waals surface area contributed by atoms with Crippen LogP contribution in [0.1, 0.15) is 23.7 Å². The first-order valence-electron chi connectivity index (χ1n) is 6.28. The normalized spacial score (nSPS) is 9.90. The monoisotopic (exact) mass is 299 g/mol. The Hall–Kier alpha value is -1.95. The smallest absolute Gasteiger partial charge is 0.404 e. The van der Waals surface area contributed by atoms with Crippen LogP contribution in [-0.2, 0) is 4.74 Å². The number of nitrogens with two attached hydrogens (primary N) is 1. The molecule has 0 aromatic heterocycles. The van der Waals surface area contributed by atoms with E-state index in [1.807, 2.05) is 6.92 Å². The maximum atomic E-state index is 12.0. The molecule has 0 unspecified atom stereocenters. The van der Waals surface area contributed by atoms with Gasteiger partial charge in [0.25, 0.3) is 5.91 Å². The minimum atomic E-state index is -0.868. The van der Waals surface area contributed by atoms with Gasteiger partial charge in [0.1, 0.15) is 6.61 Å². The molecule has 0 fully saturated rings. The molecule has 0 aliphatic rings. The van der Waals surface area contributed by atoms with Crippen LogP contribution in [0.5, 0.6) is 0 Å². The number of anilines is 1. The van der Waals surface area contributed by atoms with Gasteiger partial charge >= 0.3 is 6.09 Å². The predicted octanol–water partition coefficient (Wildman–Crippen LogP) is 1.99. The van der Waals surface area contributed by atoms with Gasteiger partial charge in [-0.2, -0.15) is 0 Å². The molecule has 0 atom stereocenters. The molecular weight excluding hydrogens is 282 g/mol. The Morgan fingerprint density at radius 2 is 2.10 bits per heavy atom. The Morgan fingerprint density at radius 3 is 2.75 bits per heavy atom. The lowest BCUT2D eigenvalue weighted by molar-refractivity contribution is 0.0937. The van der Waals surface area contributed by atoms with Crippen LogP contribution in [0.25, 0.3) is 0 Å². The van der Waals surface area contributed by atoms with Crippen molar-refractivity contribution in [3.63, 3.8) is 0 Å². The van der Waals surface area contributed by atoms with Gasteiger partial charge in [-0.25, -0.2) is 4.79 Å². The van der Waals surface area contributed by atoms with E-state index in [2.05, 4.69) is 15.4 Å². The number of hydrogen-bond donors (Lipinski definition) is 3. The standard InChI is InChI=1S/C13H18ClN3O3/c1-2-5-16-11-4-3-9(14)8-10(11)12(18)17-6-7-20-13(15)19/h3-4,8,16H,2,5-7H2,1H3,(H2,15,19)(H,17,18). The Labute approximate surface area is 122 Å². The zero-order chi connectivity index (χ0) is 15.0. The van der Waals surface area contributed by atoms with E-state index in [9.17, 15) is 9.59 Å². The molecule has 1 rings (SSSR count). The van der Waals surface area contributed by atoms with E-state index >= 15 is 0 Å². The fraction of sp³-hybridized carbons (Fsp3) is 0.385. The fourth-order valence-corrected chi connectivity index (χ4v) is 1.70. The second-order valence-corrected chi connectivity index (χ2v) is 4.48. The molecule has 0 bridgehead atoms. The van der Waals surface area contributed by atoms with E-state index in [-0.39, 0.29) is 19.1 Å². The number of nitrogens with one attached hydrogen (secondary N) is 2. The molecule has 110 valence electrons. The molecule has 2 amide bonds. The Balaban J connectivity index is 2.65. The van der Waals surface area contributed by atoms with Crippen molar-refractivity contribution in [1.29, 1.82) is 0 Å². The highest BCUT2D eigenvalue weighted by Gasteiger charge is 2.11. The van der Waals surface area contributed by atoms with Gasteiger partial charge in [-0.3, -0.25) is 4.79 Å². The highest BCUT2D eigenvalue weighted by Crippen LogP contribution is 2.20. The van der Waals surface area contributed by atoms with Gasteiger partial charge in [-0.15, -0.1) is 0 Å². The van der Waals surface area contributed by atoms with Crippen molar-refractivity contribution in [1.82, 2.24) is 5.32 Å². The Morgan fingerprint density at radius 1 is 1.35 bits per heavy atom. The van der Waals surface area contributed by atoms with Gasteiger partial charge < -0.3 is 21.1 Å². The predicted molar refractivity (Wildman–Crippen MR) is 78.1 cm³/mol. The molecule has 20 heavy (non-hydrogen) atoms. The van der Waals surface area contributed by atoms with Gasteiger partial charge in [0.15, 0.2) is 0 Å². The SMILES string of the molecule is CCCNc1ccc(Cl)cc1C(=O)NCCOC(N)=O. The summed E-state index contributed by atoms with van der Waals surface area (Å²) in [6.45, 7) is 3.00. The van der Waals surface area contributed by atoms with Crippen molar-refractivity contribution in [3.05, 3.63) is 28.8 Å². The second kappa shape index (κ2) is 8.27. The quantitative estimate of drug-likeness (QED) is 0.671. The summed E-state index contributed by atoms with van der Waals surface area (Å²) in [4.78, 5) is 22.4. The molecule has 0 aliphatic heterocycles. The number of carbonyl (C=O) groups is 2. The van der Waals surface area contributed by atoms with Crippen LogP contribution in [0.4, 0.5) is 10.5 Å².